The Kier molecular flexibility index (Phi) is 6.31. The van der Waals surface area contributed by atoms with Crippen LogP contribution in [-0.4, -0.2) is 24.0 Å². The van der Waals surface area contributed by atoms with Gasteiger partial charge in [-0.2, -0.15) is 0 Å². The fraction of sp³-hybridized carbons (Fsp3) is 0.895. The predicted molar refractivity (Wildman–Crippen MR) is 91.0 cm³/mol. The highest BCUT2D eigenvalue weighted by molar-refractivity contribution is 4.93. The molecule has 1 aliphatic rings. The highest BCUT2D eigenvalue weighted by Crippen LogP contribution is 2.34. The zero-order chi connectivity index (χ0) is 15.4. The van der Waals surface area contributed by atoms with Gasteiger partial charge in [0.1, 0.15) is 0 Å². The third-order valence-corrected chi connectivity index (χ3v) is 4.91. The Labute approximate surface area is 127 Å². The fourth-order valence-corrected chi connectivity index (χ4v) is 3.45. The lowest BCUT2D eigenvalue weighted by molar-refractivity contribution is 0.0798. The molecule has 1 aliphatic heterocycles. The zero-order valence-corrected chi connectivity index (χ0v) is 14.8. The highest BCUT2D eigenvalue weighted by Gasteiger charge is 2.31. The van der Waals surface area contributed by atoms with E-state index in [-0.39, 0.29) is 5.41 Å². The second kappa shape index (κ2) is 7.11. The first-order valence-corrected chi connectivity index (χ1v) is 8.54. The molecule has 0 spiro atoms. The molecule has 0 amide bonds. The zero-order valence-electron chi connectivity index (χ0n) is 14.8. The lowest BCUT2D eigenvalue weighted by atomic mass is 9.78. The van der Waals surface area contributed by atoms with Crippen molar-refractivity contribution in [1.29, 1.82) is 0 Å². The first-order chi connectivity index (χ1) is 9.17. The molecule has 1 rings (SSSR count). The summed E-state index contributed by atoms with van der Waals surface area (Å²) in [5.41, 5.74) is 0.654. The number of hydrogen-bond acceptors (Lipinski definition) is 1. The molecular weight excluding hydrogens is 242 g/mol. The molecule has 1 saturated heterocycles. The fourth-order valence-electron chi connectivity index (χ4n) is 3.45. The van der Waals surface area contributed by atoms with Gasteiger partial charge in [0.15, 0.2) is 0 Å². The van der Waals surface area contributed by atoms with Gasteiger partial charge in [-0.1, -0.05) is 54.0 Å². The molecule has 1 fully saturated rings. The largest absolute Gasteiger partial charge is 0.300 e. The minimum Gasteiger partial charge on any atom is -0.300 e. The summed E-state index contributed by atoms with van der Waals surface area (Å²) in [7, 11) is 0. The van der Waals surface area contributed by atoms with Gasteiger partial charge in [0.05, 0.1) is 0 Å². The minimum atomic E-state index is 0.248. The maximum atomic E-state index is 4.03. The molecule has 0 aliphatic carbocycles. The Balaban J connectivity index is 2.70. The van der Waals surface area contributed by atoms with E-state index in [4.69, 9.17) is 0 Å². The topological polar surface area (TPSA) is 3.24 Å². The van der Waals surface area contributed by atoms with Crippen molar-refractivity contribution < 1.29 is 0 Å². The number of rotatable bonds is 6. The van der Waals surface area contributed by atoms with Crippen LogP contribution in [0, 0.1) is 16.7 Å². The number of likely N-dealkylation sites (tertiary alicyclic amines) is 1. The maximum absolute atomic E-state index is 4.03. The van der Waals surface area contributed by atoms with Crippen LogP contribution in [0.5, 0.6) is 0 Å². The lowest BCUT2D eigenvalue weighted by Gasteiger charge is -2.42. The highest BCUT2D eigenvalue weighted by atomic mass is 15.2. The van der Waals surface area contributed by atoms with E-state index in [1.54, 1.807) is 0 Å². The number of allylic oxidation sites excluding steroid dienone is 1. The summed E-state index contributed by atoms with van der Waals surface area (Å²) < 4.78 is 0. The van der Waals surface area contributed by atoms with Crippen LogP contribution in [-0.2, 0) is 0 Å². The van der Waals surface area contributed by atoms with E-state index in [0.29, 0.717) is 11.5 Å². The van der Waals surface area contributed by atoms with E-state index in [0.717, 1.165) is 5.92 Å². The van der Waals surface area contributed by atoms with Crippen LogP contribution in [0.4, 0.5) is 0 Å². The SMILES string of the molecule is C=CC(C)(C)CC(CC(C)(C)C)N1CCC(CC)CC1. The van der Waals surface area contributed by atoms with Crippen molar-refractivity contribution in [2.75, 3.05) is 13.1 Å². The van der Waals surface area contributed by atoms with E-state index >= 15 is 0 Å². The van der Waals surface area contributed by atoms with Gasteiger partial charge in [0.25, 0.3) is 0 Å². The second-order valence-electron chi connectivity index (χ2n) is 8.70. The summed E-state index contributed by atoms with van der Waals surface area (Å²) in [5.74, 6) is 0.967. The van der Waals surface area contributed by atoms with Crippen molar-refractivity contribution in [2.24, 2.45) is 16.7 Å². The van der Waals surface area contributed by atoms with Gasteiger partial charge < -0.3 is 4.90 Å². The lowest BCUT2D eigenvalue weighted by Crippen LogP contribution is -2.44. The van der Waals surface area contributed by atoms with Crippen LogP contribution in [0.2, 0.25) is 0 Å². The first-order valence-electron chi connectivity index (χ1n) is 8.54. The molecule has 118 valence electrons. The van der Waals surface area contributed by atoms with Crippen molar-refractivity contribution in [3.8, 4) is 0 Å². The van der Waals surface area contributed by atoms with Crippen LogP contribution in [0.3, 0.4) is 0 Å². The molecule has 1 heterocycles. The van der Waals surface area contributed by atoms with Crippen LogP contribution in [0.1, 0.15) is 73.6 Å². The standard InChI is InChI=1S/C19H37N/c1-8-16-10-12-20(13-11-16)17(14-18(3,4)5)15-19(6,7)9-2/h9,16-17H,2,8,10-15H2,1,3-7H3. The van der Waals surface area contributed by atoms with E-state index in [2.05, 4.69) is 59.1 Å². The van der Waals surface area contributed by atoms with Gasteiger partial charge in [0.2, 0.25) is 0 Å². The third kappa shape index (κ3) is 5.99. The molecule has 20 heavy (non-hydrogen) atoms. The molecule has 1 nitrogen and oxygen atoms in total. The summed E-state index contributed by atoms with van der Waals surface area (Å²) in [6, 6.07) is 0.709. The van der Waals surface area contributed by atoms with E-state index in [1.807, 2.05) is 0 Å². The van der Waals surface area contributed by atoms with Crippen molar-refractivity contribution in [3.63, 3.8) is 0 Å². The van der Waals surface area contributed by atoms with E-state index < -0.39 is 0 Å². The average molecular weight is 280 g/mol. The van der Waals surface area contributed by atoms with Crippen LogP contribution >= 0.6 is 0 Å². The van der Waals surface area contributed by atoms with Crippen molar-refractivity contribution in [2.45, 2.75) is 79.7 Å². The molecule has 0 aromatic rings. The Bertz CT molecular complexity index is 289. The average Bonchev–Trinajstić information content (AvgIpc) is 2.36. The van der Waals surface area contributed by atoms with Crippen LogP contribution in [0.15, 0.2) is 12.7 Å². The van der Waals surface area contributed by atoms with Crippen molar-refractivity contribution in [3.05, 3.63) is 12.7 Å². The van der Waals surface area contributed by atoms with Gasteiger partial charge in [-0.05, 0) is 55.5 Å². The molecular formula is C19H37N. The Morgan fingerprint density at radius 3 is 2.05 bits per heavy atom. The normalized spacial score (nSPS) is 20.9. The van der Waals surface area contributed by atoms with E-state index in [9.17, 15) is 0 Å². The van der Waals surface area contributed by atoms with Crippen LogP contribution < -0.4 is 0 Å². The predicted octanol–water partition coefficient (Wildman–Crippen LogP) is 5.52. The molecule has 0 bridgehead atoms. The Morgan fingerprint density at radius 2 is 1.65 bits per heavy atom. The summed E-state index contributed by atoms with van der Waals surface area (Å²) in [4.78, 5) is 2.77. The molecule has 1 unspecified atom stereocenters. The van der Waals surface area contributed by atoms with Gasteiger partial charge in [-0.15, -0.1) is 6.58 Å². The maximum Gasteiger partial charge on any atom is 0.0108 e. The van der Waals surface area contributed by atoms with Gasteiger partial charge in [-0.25, -0.2) is 0 Å². The van der Waals surface area contributed by atoms with E-state index in [1.165, 1.54) is 45.2 Å². The first kappa shape index (κ1) is 17.8. The van der Waals surface area contributed by atoms with Gasteiger partial charge in [0, 0.05) is 6.04 Å². The molecule has 0 N–H and O–H groups in total. The quantitative estimate of drug-likeness (QED) is 0.579. The Morgan fingerprint density at radius 1 is 1.10 bits per heavy atom. The molecule has 1 atom stereocenters. The second-order valence-corrected chi connectivity index (χ2v) is 8.70. The summed E-state index contributed by atoms with van der Waals surface area (Å²) in [5, 5.41) is 0. The summed E-state index contributed by atoms with van der Waals surface area (Å²) in [6.45, 7) is 20.8. The number of nitrogens with zero attached hydrogens (tertiary/aromatic N) is 1. The Hall–Kier alpha value is -0.300. The van der Waals surface area contributed by atoms with Gasteiger partial charge >= 0.3 is 0 Å². The van der Waals surface area contributed by atoms with Gasteiger partial charge in [-0.3, -0.25) is 0 Å². The van der Waals surface area contributed by atoms with Crippen LogP contribution in [0.25, 0.3) is 0 Å². The summed E-state index contributed by atoms with van der Waals surface area (Å²) >= 11 is 0. The number of piperidine rings is 1. The summed E-state index contributed by atoms with van der Waals surface area (Å²) in [6.07, 6.45) is 8.82. The molecule has 0 aromatic carbocycles. The molecule has 0 aromatic heterocycles. The third-order valence-electron chi connectivity index (χ3n) is 4.91. The minimum absolute atomic E-state index is 0.248. The van der Waals surface area contributed by atoms with Crippen molar-refractivity contribution >= 4 is 0 Å². The molecule has 0 saturated carbocycles. The van der Waals surface area contributed by atoms with Crippen molar-refractivity contribution in [1.82, 2.24) is 4.90 Å². The monoisotopic (exact) mass is 279 g/mol. The molecule has 0 radical (unpaired) electrons. The smallest absolute Gasteiger partial charge is 0.0108 e. The number of hydrogen-bond donors (Lipinski definition) is 0. The molecule has 1 heteroatoms.